The van der Waals surface area contributed by atoms with Crippen molar-refractivity contribution in [3.8, 4) is 11.5 Å². The van der Waals surface area contributed by atoms with Gasteiger partial charge < -0.3 is 18.9 Å². The van der Waals surface area contributed by atoms with Crippen LogP contribution in [0.2, 0.25) is 0 Å². The second-order valence-electron chi connectivity index (χ2n) is 9.64. The Morgan fingerprint density at radius 1 is 0.781 bits per heavy atom. The Morgan fingerprint density at radius 3 is 1.78 bits per heavy atom. The molecule has 2 fully saturated rings. The zero-order chi connectivity index (χ0) is 22.2. The van der Waals surface area contributed by atoms with Crippen LogP contribution in [0.4, 0.5) is 0 Å². The van der Waals surface area contributed by atoms with Crippen LogP contribution in [0.1, 0.15) is 58.6 Å². The van der Waals surface area contributed by atoms with Crippen LogP contribution in [0.5, 0.6) is 11.5 Å². The van der Waals surface area contributed by atoms with E-state index in [-0.39, 0.29) is 12.2 Å². The minimum absolute atomic E-state index is 0.280. The Labute approximate surface area is 191 Å². The number of aryl methyl sites for hydroxylation is 4. The van der Waals surface area contributed by atoms with Crippen LogP contribution < -0.4 is 9.47 Å². The van der Waals surface area contributed by atoms with Crippen LogP contribution in [0.25, 0.3) is 5.57 Å². The monoisotopic (exact) mass is 434 g/mol. The summed E-state index contributed by atoms with van der Waals surface area (Å²) in [6.45, 7) is 11.8. The van der Waals surface area contributed by atoms with Crippen LogP contribution in [-0.4, -0.2) is 38.6 Å². The van der Waals surface area contributed by atoms with Crippen LogP contribution >= 0.6 is 0 Å². The maximum atomic E-state index is 5.95. The molecule has 0 spiro atoms. The van der Waals surface area contributed by atoms with E-state index in [1.54, 1.807) is 0 Å². The molecule has 2 saturated heterocycles. The highest BCUT2D eigenvalue weighted by molar-refractivity contribution is 5.73. The Balaban J connectivity index is 1.33. The molecule has 4 nitrogen and oxygen atoms in total. The normalized spacial score (nSPS) is 24.1. The average Bonchev–Trinajstić information content (AvgIpc) is 3.66. The zero-order valence-corrected chi connectivity index (χ0v) is 19.7. The molecular weight excluding hydrogens is 400 g/mol. The minimum Gasteiger partial charge on any atom is -0.491 e. The van der Waals surface area contributed by atoms with Gasteiger partial charge in [0.05, 0.1) is 13.2 Å². The molecule has 0 amide bonds. The van der Waals surface area contributed by atoms with Crippen LogP contribution in [0.3, 0.4) is 0 Å². The van der Waals surface area contributed by atoms with E-state index in [4.69, 9.17) is 18.9 Å². The van der Waals surface area contributed by atoms with Gasteiger partial charge in [-0.05, 0) is 116 Å². The molecule has 3 aliphatic rings. The van der Waals surface area contributed by atoms with Gasteiger partial charge in [-0.15, -0.1) is 0 Å². The fraction of sp³-hybridized carbons (Fsp3) is 0.500. The number of ether oxygens (including phenoxy) is 4. The topological polar surface area (TPSA) is 43.5 Å². The molecule has 32 heavy (non-hydrogen) atoms. The molecule has 3 unspecified atom stereocenters. The largest absolute Gasteiger partial charge is 0.491 e. The molecular formula is C28H34O4. The van der Waals surface area contributed by atoms with Crippen molar-refractivity contribution in [1.29, 1.82) is 0 Å². The molecule has 0 radical (unpaired) electrons. The molecule has 2 aliphatic heterocycles. The molecule has 3 atom stereocenters. The molecule has 0 aromatic heterocycles. The Hall–Kier alpha value is -2.30. The van der Waals surface area contributed by atoms with Crippen LogP contribution in [0, 0.1) is 27.7 Å². The van der Waals surface area contributed by atoms with Crippen molar-refractivity contribution in [2.45, 2.75) is 65.1 Å². The first-order valence-corrected chi connectivity index (χ1v) is 11.9. The summed E-state index contributed by atoms with van der Waals surface area (Å²) >= 11 is 0. The lowest BCUT2D eigenvalue weighted by Gasteiger charge is -2.28. The third-order valence-corrected chi connectivity index (χ3v) is 6.85. The molecule has 2 aromatic rings. The van der Waals surface area contributed by atoms with E-state index in [0.29, 0.717) is 19.1 Å². The van der Waals surface area contributed by atoms with E-state index in [0.717, 1.165) is 37.6 Å². The molecule has 0 N–H and O–H groups in total. The number of rotatable bonds is 8. The molecule has 170 valence electrons. The summed E-state index contributed by atoms with van der Waals surface area (Å²) in [4.78, 5) is 0. The van der Waals surface area contributed by atoms with E-state index in [9.17, 15) is 0 Å². The van der Waals surface area contributed by atoms with Crippen LogP contribution in [0.15, 0.2) is 30.3 Å². The maximum absolute atomic E-state index is 5.95. The Morgan fingerprint density at radius 2 is 1.28 bits per heavy atom. The predicted octanol–water partition coefficient (Wildman–Crippen LogP) is 5.83. The van der Waals surface area contributed by atoms with E-state index >= 15 is 0 Å². The summed E-state index contributed by atoms with van der Waals surface area (Å²) in [5, 5.41) is 0. The van der Waals surface area contributed by atoms with Gasteiger partial charge in [-0.2, -0.15) is 0 Å². The quantitative estimate of drug-likeness (QED) is 0.491. The molecule has 0 bridgehead atoms. The summed E-state index contributed by atoms with van der Waals surface area (Å²) in [5.41, 5.74) is 9.61. The van der Waals surface area contributed by atoms with Gasteiger partial charge in [-0.3, -0.25) is 0 Å². The van der Waals surface area contributed by atoms with E-state index in [2.05, 4.69) is 58.0 Å². The summed E-state index contributed by atoms with van der Waals surface area (Å²) < 4.78 is 22.4. The molecule has 4 heteroatoms. The van der Waals surface area contributed by atoms with Crippen molar-refractivity contribution in [1.82, 2.24) is 0 Å². The van der Waals surface area contributed by atoms with Crippen molar-refractivity contribution in [3.63, 3.8) is 0 Å². The van der Waals surface area contributed by atoms with Gasteiger partial charge in [0.1, 0.15) is 36.9 Å². The smallest absolute Gasteiger partial charge is 0.120 e. The van der Waals surface area contributed by atoms with E-state index in [1.807, 2.05) is 0 Å². The fourth-order valence-electron chi connectivity index (χ4n) is 5.24. The lowest BCUT2D eigenvalue weighted by molar-refractivity contribution is 0.262. The third kappa shape index (κ3) is 4.87. The number of hydrogen-bond donors (Lipinski definition) is 0. The van der Waals surface area contributed by atoms with Gasteiger partial charge in [-0.1, -0.05) is 6.08 Å². The third-order valence-electron chi connectivity index (χ3n) is 6.85. The van der Waals surface area contributed by atoms with Gasteiger partial charge in [0.25, 0.3) is 0 Å². The first-order valence-electron chi connectivity index (χ1n) is 11.9. The number of epoxide rings is 2. The van der Waals surface area contributed by atoms with Crippen LogP contribution in [-0.2, 0) is 9.47 Å². The van der Waals surface area contributed by atoms with Gasteiger partial charge in [-0.25, -0.2) is 0 Å². The molecule has 2 heterocycles. The molecule has 5 rings (SSSR count). The molecule has 2 aromatic carbocycles. The maximum Gasteiger partial charge on any atom is 0.120 e. The highest BCUT2D eigenvalue weighted by atomic mass is 16.6. The van der Waals surface area contributed by atoms with Crippen molar-refractivity contribution < 1.29 is 18.9 Å². The highest BCUT2D eigenvalue weighted by Crippen LogP contribution is 2.42. The zero-order valence-electron chi connectivity index (χ0n) is 19.7. The molecule has 1 aliphatic carbocycles. The number of benzene rings is 2. The predicted molar refractivity (Wildman–Crippen MR) is 127 cm³/mol. The van der Waals surface area contributed by atoms with Crippen molar-refractivity contribution >= 4 is 5.57 Å². The van der Waals surface area contributed by atoms with E-state index < -0.39 is 0 Å². The van der Waals surface area contributed by atoms with Gasteiger partial charge in [0, 0.05) is 0 Å². The first kappa shape index (κ1) is 21.5. The van der Waals surface area contributed by atoms with Crippen molar-refractivity contribution in [3.05, 3.63) is 63.7 Å². The van der Waals surface area contributed by atoms with Crippen molar-refractivity contribution in [2.75, 3.05) is 26.4 Å². The number of hydrogen-bond acceptors (Lipinski definition) is 4. The summed E-state index contributed by atoms with van der Waals surface area (Å²) in [5.74, 6) is 2.45. The minimum atomic E-state index is 0.280. The second kappa shape index (κ2) is 8.92. The highest BCUT2D eigenvalue weighted by Gasteiger charge is 2.26. The average molecular weight is 435 g/mol. The lowest BCUT2D eigenvalue weighted by atomic mass is 9.77. The molecule has 0 saturated carbocycles. The van der Waals surface area contributed by atoms with Gasteiger partial charge in [0.2, 0.25) is 0 Å². The Kier molecular flexibility index (Phi) is 6.00. The summed E-state index contributed by atoms with van der Waals surface area (Å²) in [7, 11) is 0. The summed E-state index contributed by atoms with van der Waals surface area (Å²) in [6.07, 6.45) is 6.40. The summed E-state index contributed by atoms with van der Waals surface area (Å²) in [6, 6.07) is 8.77. The lowest BCUT2D eigenvalue weighted by Crippen LogP contribution is -2.11. The van der Waals surface area contributed by atoms with Crippen molar-refractivity contribution in [2.24, 2.45) is 0 Å². The Bertz CT molecular complexity index is 984. The number of allylic oxidation sites excluding steroid dienone is 2. The first-order chi connectivity index (χ1) is 15.5. The SMILES string of the molecule is Cc1cc(OCC2CO2)cc(C)c1C1=CCCC(c2c(C)cc(OCC3CO3)cc2C)C1. The fourth-order valence-corrected chi connectivity index (χ4v) is 5.24. The standard InChI is InChI=1S/C28H34O4/c1-17-8-23(29-13-25-15-31-25)9-18(2)27(17)21-6-5-7-22(12-21)28-19(3)10-24(11-20(28)4)30-14-26-16-32-26/h6,8-11,22,25-26H,5,7,12-16H2,1-4H3. The van der Waals surface area contributed by atoms with E-state index in [1.165, 1.54) is 45.4 Å². The van der Waals surface area contributed by atoms with Gasteiger partial charge in [0.15, 0.2) is 0 Å². The second-order valence-corrected chi connectivity index (χ2v) is 9.64. The van der Waals surface area contributed by atoms with Gasteiger partial charge >= 0.3 is 0 Å².